The first-order chi connectivity index (χ1) is 9.26. The predicted molar refractivity (Wildman–Crippen MR) is 68.2 cm³/mol. The maximum Gasteiger partial charge on any atom is 0.401 e. The molecular weight excluding hydrogens is 273 g/mol. The number of nitrogen functional groups attached to an aromatic ring is 1. The van der Waals surface area contributed by atoms with Gasteiger partial charge in [-0.2, -0.15) is 13.2 Å². The number of alkyl halides is 3. The molecule has 20 heavy (non-hydrogen) atoms. The van der Waals surface area contributed by atoms with Crippen LogP contribution in [0.25, 0.3) is 0 Å². The summed E-state index contributed by atoms with van der Waals surface area (Å²) in [5.74, 6) is -0.198. The summed E-state index contributed by atoms with van der Waals surface area (Å²) < 4.78 is 38.5. The number of nitrogens with two attached hydrogens (primary N) is 1. The number of aromatic nitrogens is 1. The first kappa shape index (κ1) is 14.7. The number of carbonyl (C=O) groups is 1. The monoisotopic (exact) mass is 290 g/mol. The van der Waals surface area contributed by atoms with E-state index in [9.17, 15) is 18.0 Å². The van der Waals surface area contributed by atoms with Crippen LogP contribution in [0.15, 0.2) is 12.3 Å². The van der Waals surface area contributed by atoms with Gasteiger partial charge in [0.2, 0.25) is 0 Å². The van der Waals surface area contributed by atoms with Gasteiger partial charge in [0, 0.05) is 39.4 Å². The Labute approximate surface area is 114 Å². The van der Waals surface area contributed by atoms with Crippen LogP contribution >= 0.6 is 0 Å². The van der Waals surface area contributed by atoms with Crippen molar-refractivity contribution in [1.82, 2.24) is 14.4 Å². The SMILES string of the molecule is Cn1cc(N)cc1C(=O)N1CCN(CC(F)(F)F)CC1. The number of aryl methyl sites for hydroxylation is 1. The summed E-state index contributed by atoms with van der Waals surface area (Å²) in [7, 11) is 1.71. The highest BCUT2D eigenvalue weighted by Crippen LogP contribution is 2.18. The van der Waals surface area contributed by atoms with Crippen LogP contribution in [0.4, 0.5) is 18.9 Å². The summed E-state index contributed by atoms with van der Waals surface area (Å²) in [6.07, 6.45) is -2.56. The Kier molecular flexibility index (Phi) is 3.94. The molecule has 1 fully saturated rings. The maximum atomic E-state index is 12.3. The number of hydrogen-bond acceptors (Lipinski definition) is 3. The molecule has 5 nitrogen and oxygen atoms in total. The molecule has 0 unspecified atom stereocenters. The molecule has 0 bridgehead atoms. The molecular formula is C12H17F3N4O. The minimum atomic E-state index is -4.20. The number of amides is 1. The number of anilines is 1. The fourth-order valence-corrected chi connectivity index (χ4v) is 2.33. The Balaban J connectivity index is 1.94. The third kappa shape index (κ3) is 3.44. The molecule has 0 radical (unpaired) electrons. The zero-order valence-corrected chi connectivity index (χ0v) is 11.2. The summed E-state index contributed by atoms with van der Waals surface area (Å²) >= 11 is 0. The zero-order valence-electron chi connectivity index (χ0n) is 11.2. The predicted octanol–water partition coefficient (Wildman–Crippen LogP) is 0.927. The van der Waals surface area contributed by atoms with Crippen LogP contribution in [0.1, 0.15) is 10.5 Å². The summed E-state index contributed by atoms with van der Waals surface area (Å²) in [5, 5.41) is 0. The average Bonchev–Trinajstić information content (AvgIpc) is 2.66. The van der Waals surface area contributed by atoms with Crippen LogP contribution in [0.5, 0.6) is 0 Å². The maximum absolute atomic E-state index is 12.3. The molecule has 0 aromatic carbocycles. The van der Waals surface area contributed by atoms with E-state index in [1.807, 2.05) is 0 Å². The van der Waals surface area contributed by atoms with Crippen molar-refractivity contribution in [1.29, 1.82) is 0 Å². The summed E-state index contributed by atoms with van der Waals surface area (Å²) in [5.41, 5.74) is 6.56. The molecule has 0 spiro atoms. The largest absolute Gasteiger partial charge is 0.401 e. The van der Waals surface area contributed by atoms with Crippen LogP contribution in [0.2, 0.25) is 0 Å². The molecule has 1 aromatic rings. The highest BCUT2D eigenvalue weighted by molar-refractivity contribution is 5.93. The average molecular weight is 290 g/mol. The van der Waals surface area contributed by atoms with Gasteiger partial charge in [-0.25, -0.2) is 0 Å². The second kappa shape index (κ2) is 5.35. The van der Waals surface area contributed by atoms with Crippen molar-refractivity contribution in [3.63, 3.8) is 0 Å². The number of carbonyl (C=O) groups excluding carboxylic acids is 1. The first-order valence-corrected chi connectivity index (χ1v) is 6.26. The molecule has 2 N–H and O–H groups in total. The molecule has 2 rings (SSSR count). The van der Waals surface area contributed by atoms with Gasteiger partial charge in [-0.3, -0.25) is 9.69 Å². The molecule has 0 atom stereocenters. The molecule has 1 saturated heterocycles. The molecule has 1 aliphatic rings. The summed E-state index contributed by atoms with van der Waals surface area (Å²) in [6.45, 7) is 0.114. The smallest absolute Gasteiger partial charge is 0.397 e. The third-order valence-corrected chi connectivity index (χ3v) is 3.31. The minimum absolute atomic E-state index is 0.198. The Morgan fingerprint density at radius 3 is 2.35 bits per heavy atom. The quantitative estimate of drug-likeness (QED) is 0.881. The highest BCUT2D eigenvalue weighted by Gasteiger charge is 2.33. The van der Waals surface area contributed by atoms with E-state index in [1.54, 1.807) is 28.8 Å². The van der Waals surface area contributed by atoms with E-state index >= 15 is 0 Å². The number of hydrogen-bond donors (Lipinski definition) is 1. The van der Waals surface area contributed by atoms with E-state index in [-0.39, 0.29) is 19.0 Å². The zero-order chi connectivity index (χ0) is 14.9. The molecule has 0 aliphatic carbocycles. The molecule has 1 aromatic heterocycles. The van der Waals surface area contributed by atoms with E-state index in [1.165, 1.54) is 4.90 Å². The Bertz CT molecular complexity index is 489. The minimum Gasteiger partial charge on any atom is -0.397 e. The second-order valence-electron chi connectivity index (χ2n) is 4.95. The number of nitrogens with zero attached hydrogens (tertiary/aromatic N) is 3. The molecule has 112 valence electrons. The Morgan fingerprint density at radius 2 is 1.90 bits per heavy atom. The Morgan fingerprint density at radius 1 is 1.30 bits per heavy atom. The van der Waals surface area contributed by atoms with Crippen LogP contribution in [0.3, 0.4) is 0 Å². The van der Waals surface area contributed by atoms with E-state index in [2.05, 4.69) is 0 Å². The van der Waals surface area contributed by atoms with Crippen molar-refractivity contribution < 1.29 is 18.0 Å². The van der Waals surface area contributed by atoms with Gasteiger partial charge < -0.3 is 15.2 Å². The van der Waals surface area contributed by atoms with Crippen molar-refractivity contribution >= 4 is 11.6 Å². The lowest BCUT2D eigenvalue weighted by Gasteiger charge is -2.35. The number of piperazine rings is 1. The van der Waals surface area contributed by atoms with Crippen molar-refractivity contribution in [2.24, 2.45) is 7.05 Å². The van der Waals surface area contributed by atoms with Crippen LogP contribution in [-0.2, 0) is 7.05 Å². The standard InChI is InChI=1S/C12H17F3N4O/c1-17-7-9(16)6-10(17)11(20)19-4-2-18(3-5-19)8-12(13,14)15/h6-7H,2-5,8,16H2,1H3. The van der Waals surface area contributed by atoms with Crippen molar-refractivity contribution in [3.8, 4) is 0 Å². The van der Waals surface area contributed by atoms with E-state index in [0.717, 1.165) is 0 Å². The molecule has 1 aliphatic heterocycles. The van der Waals surface area contributed by atoms with Crippen molar-refractivity contribution in [3.05, 3.63) is 18.0 Å². The van der Waals surface area contributed by atoms with Gasteiger partial charge in [0.25, 0.3) is 5.91 Å². The number of halogens is 3. The van der Waals surface area contributed by atoms with Crippen LogP contribution in [0, 0.1) is 0 Å². The lowest BCUT2D eigenvalue weighted by Crippen LogP contribution is -2.51. The third-order valence-electron chi connectivity index (χ3n) is 3.31. The lowest BCUT2D eigenvalue weighted by atomic mass is 10.2. The van der Waals surface area contributed by atoms with Crippen molar-refractivity contribution in [2.75, 3.05) is 38.5 Å². The van der Waals surface area contributed by atoms with Gasteiger partial charge in [-0.15, -0.1) is 0 Å². The van der Waals surface area contributed by atoms with Gasteiger partial charge in [0.1, 0.15) is 5.69 Å². The molecule has 1 amide bonds. The first-order valence-electron chi connectivity index (χ1n) is 6.26. The Hall–Kier alpha value is -1.70. The van der Waals surface area contributed by atoms with Gasteiger partial charge in [-0.05, 0) is 6.07 Å². The molecule has 0 saturated carbocycles. The van der Waals surface area contributed by atoms with E-state index in [0.29, 0.717) is 24.5 Å². The number of rotatable bonds is 2. The second-order valence-corrected chi connectivity index (χ2v) is 4.95. The lowest BCUT2D eigenvalue weighted by molar-refractivity contribution is -0.148. The van der Waals surface area contributed by atoms with E-state index < -0.39 is 12.7 Å². The van der Waals surface area contributed by atoms with E-state index in [4.69, 9.17) is 5.73 Å². The van der Waals surface area contributed by atoms with Gasteiger partial charge >= 0.3 is 6.18 Å². The van der Waals surface area contributed by atoms with Gasteiger partial charge in [-0.1, -0.05) is 0 Å². The van der Waals surface area contributed by atoms with Gasteiger partial charge in [0.05, 0.1) is 12.2 Å². The fourth-order valence-electron chi connectivity index (χ4n) is 2.33. The molecule has 2 heterocycles. The summed E-state index contributed by atoms with van der Waals surface area (Å²) in [6, 6.07) is 1.57. The van der Waals surface area contributed by atoms with Crippen LogP contribution < -0.4 is 5.73 Å². The summed E-state index contributed by atoms with van der Waals surface area (Å²) in [4.78, 5) is 15.1. The van der Waals surface area contributed by atoms with Crippen molar-refractivity contribution in [2.45, 2.75) is 6.18 Å². The van der Waals surface area contributed by atoms with Crippen LogP contribution in [-0.4, -0.2) is 59.2 Å². The van der Waals surface area contributed by atoms with Gasteiger partial charge in [0.15, 0.2) is 0 Å². The highest BCUT2D eigenvalue weighted by atomic mass is 19.4. The normalized spacial score (nSPS) is 17.5. The molecule has 8 heteroatoms. The fraction of sp³-hybridized carbons (Fsp3) is 0.583. The topological polar surface area (TPSA) is 54.5 Å².